The van der Waals surface area contributed by atoms with Crippen LogP contribution in [0.15, 0.2) is 9.98 Å². The Morgan fingerprint density at radius 1 is 1.09 bits per heavy atom. The molecule has 0 unspecified atom stereocenters. The summed E-state index contributed by atoms with van der Waals surface area (Å²) in [6.07, 6.45) is 1.30. The van der Waals surface area contributed by atoms with Gasteiger partial charge in [0.05, 0.1) is 0 Å². The first-order valence-corrected chi connectivity index (χ1v) is 2.58. The Morgan fingerprint density at radius 2 is 1.45 bits per heavy atom. The molecule has 0 aromatic carbocycles. The summed E-state index contributed by atoms with van der Waals surface area (Å²) in [4.78, 5) is 26.1. The second-order valence-corrected chi connectivity index (χ2v) is 1.44. The number of carboxylic acids is 2. The maximum Gasteiger partial charge on any atom is 0.346 e. The van der Waals surface area contributed by atoms with Crippen molar-refractivity contribution in [2.75, 3.05) is 6.67 Å². The molecule has 0 aliphatic heterocycles. The van der Waals surface area contributed by atoms with Crippen LogP contribution in [0.1, 0.15) is 0 Å². The number of carboxylic acid groups (broad SMARTS) is 2. The Kier molecular flexibility index (Phi) is 4.30. The highest BCUT2D eigenvalue weighted by Crippen LogP contribution is 1.69. The highest BCUT2D eigenvalue weighted by Gasteiger charge is 1.85. The monoisotopic (exact) mass is 158 g/mol. The molecule has 6 heteroatoms. The number of nitrogens with zero attached hydrogens (tertiary/aromatic N) is 2. The van der Waals surface area contributed by atoms with Gasteiger partial charge in [0.2, 0.25) is 0 Å². The van der Waals surface area contributed by atoms with Crippen molar-refractivity contribution >= 4 is 24.4 Å². The zero-order chi connectivity index (χ0) is 8.69. The molecule has 0 spiro atoms. The lowest BCUT2D eigenvalue weighted by Gasteiger charge is -1.80. The van der Waals surface area contributed by atoms with Gasteiger partial charge in [-0.15, -0.1) is 0 Å². The molecule has 0 amide bonds. The van der Waals surface area contributed by atoms with Gasteiger partial charge in [-0.3, -0.25) is 9.98 Å². The molecule has 0 aromatic heterocycles. The molecule has 6 nitrogen and oxygen atoms in total. The number of hydrogen-bond donors (Lipinski definition) is 2. The van der Waals surface area contributed by atoms with Gasteiger partial charge in [0.15, 0.2) is 0 Å². The van der Waals surface area contributed by atoms with Crippen LogP contribution in [0.5, 0.6) is 0 Å². The van der Waals surface area contributed by atoms with Crippen LogP contribution in [0, 0.1) is 0 Å². The fourth-order valence-electron chi connectivity index (χ4n) is 0.285. The lowest BCUT2D eigenvalue weighted by molar-refractivity contribution is -0.129. The summed E-state index contributed by atoms with van der Waals surface area (Å²) in [5.41, 5.74) is 0. The lowest BCUT2D eigenvalue weighted by Crippen LogP contribution is -1.97. The van der Waals surface area contributed by atoms with Crippen molar-refractivity contribution in [3.05, 3.63) is 0 Å². The van der Waals surface area contributed by atoms with Crippen LogP contribution in [0.4, 0.5) is 0 Å². The second-order valence-electron chi connectivity index (χ2n) is 1.44. The molecule has 0 saturated carbocycles. The van der Waals surface area contributed by atoms with E-state index in [4.69, 9.17) is 10.2 Å². The van der Waals surface area contributed by atoms with Gasteiger partial charge in [-0.25, -0.2) is 9.59 Å². The summed E-state index contributed by atoms with van der Waals surface area (Å²) >= 11 is 0. The molecule has 0 bridgehead atoms. The minimum Gasteiger partial charge on any atom is -0.477 e. The van der Waals surface area contributed by atoms with Gasteiger partial charge in [0, 0.05) is 0 Å². The molecule has 2 N–H and O–H groups in total. The van der Waals surface area contributed by atoms with Crippen LogP contribution in [-0.2, 0) is 9.59 Å². The standard InChI is InChI=1S/C5H6N2O4/c8-4(9)1-6-3-7-2-5(10)11/h1-2H,3H2,(H,8,9)(H,10,11). The van der Waals surface area contributed by atoms with Crippen molar-refractivity contribution in [3.63, 3.8) is 0 Å². The summed E-state index contributed by atoms with van der Waals surface area (Å²) in [7, 11) is 0. The number of hydrogen-bond acceptors (Lipinski definition) is 4. The molecular formula is C5H6N2O4. The molecule has 0 aliphatic rings. The number of rotatable bonds is 4. The van der Waals surface area contributed by atoms with Gasteiger partial charge < -0.3 is 10.2 Å². The van der Waals surface area contributed by atoms with Crippen LogP contribution < -0.4 is 0 Å². The van der Waals surface area contributed by atoms with E-state index in [1.807, 2.05) is 0 Å². The molecule has 0 saturated heterocycles. The van der Waals surface area contributed by atoms with Gasteiger partial charge in [0.1, 0.15) is 19.1 Å². The largest absolute Gasteiger partial charge is 0.477 e. The molecule has 60 valence electrons. The molecular weight excluding hydrogens is 152 g/mol. The van der Waals surface area contributed by atoms with E-state index < -0.39 is 11.9 Å². The van der Waals surface area contributed by atoms with Crippen molar-refractivity contribution in [2.24, 2.45) is 9.98 Å². The average molecular weight is 158 g/mol. The van der Waals surface area contributed by atoms with Crippen LogP contribution in [0.25, 0.3) is 0 Å². The van der Waals surface area contributed by atoms with Crippen LogP contribution in [0.2, 0.25) is 0 Å². The van der Waals surface area contributed by atoms with Crippen LogP contribution in [-0.4, -0.2) is 41.2 Å². The lowest BCUT2D eigenvalue weighted by atomic mass is 10.7. The molecule has 0 aromatic rings. The van der Waals surface area contributed by atoms with Crippen molar-refractivity contribution < 1.29 is 19.8 Å². The molecule has 0 aliphatic carbocycles. The van der Waals surface area contributed by atoms with E-state index in [2.05, 4.69) is 9.98 Å². The number of aliphatic imine (C=N–C) groups is 2. The minimum absolute atomic E-state index is 0.182. The van der Waals surface area contributed by atoms with Gasteiger partial charge in [-0.1, -0.05) is 0 Å². The number of aliphatic carboxylic acids is 2. The molecule has 0 heterocycles. The quantitative estimate of drug-likeness (QED) is 0.526. The predicted octanol–water partition coefficient (Wildman–Crippen LogP) is -0.745. The summed E-state index contributed by atoms with van der Waals surface area (Å²) < 4.78 is 0. The predicted molar refractivity (Wildman–Crippen MR) is 37.1 cm³/mol. The van der Waals surface area contributed by atoms with E-state index in [-0.39, 0.29) is 6.67 Å². The van der Waals surface area contributed by atoms with Crippen LogP contribution >= 0.6 is 0 Å². The van der Waals surface area contributed by atoms with E-state index in [1.165, 1.54) is 0 Å². The van der Waals surface area contributed by atoms with Gasteiger partial charge in [0.25, 0.3) is 0 Å². The molecule has 0 radical (unpaired) electrons. The van der Waals surface area contributed by atoms with E-state index >= 15 is 0 Å². The summed E-state index contributed by atoms with van der Waals surface area (Å²) in [6, 6.07) is 0. The van der Waals surface area contributed by atoms with Crippen molar-refractivity contribution in [1.29, 1.82) is 0 Å². The van der Waals surface area contributed by atoms with E-state index in [9.17, 15) is 9.59 Å². The Hall–Kier alpha value is -1.72. The molecule has 0 atom stereocenters. The summed E-state index contributed by atoms with van der Waals surface area (Å²) in [5.74, 6) is -2.37. The maximum atomic E-state index is 9.78. The molecule has 11 heavy (non-hydrogen) atoms. The van der Waals surface area contributed by atoms with Gasteiger partial charge in [-0.2, -0.15) is 0 Å². The first-order chi connectivity index (χ1) is 5.13. The van der Waals surface area contributed by atoms with Crippen molar-refractivity contribution in [3.8, 4) is 0 Å². The van der Waals surface area contributed by atoms with E-state index in [1.54, 1.807) is 0 Å². The highest BCUT2D eigenvalue weighted by molar-refractivity contribution is 6.22. The topological polar surface area (TPSA) is 99.3 Å². The average Bonchev–Trinajstić information content (AvgIpc) is 1.85. The Balaban J connectivity index is 3.57. The fraction of sp³-hybridized carbons (Fsp3) is 0.200. The van der Waals surface area contributed by atoms with E-state index in [0.29, 0.717) is 12.4 Å². The summed E-state index contributed by atoms with van der Waals surface area (Å²) in [6.45, 7) is -0.182. The Labute approximate surface area is 61.9 Å². The zero-order valence-electron chi connectivity index (χ0n) is 5.47. The van der Waals surface area contributed by atoms with Crippen LogP contribution in [0.3, 0.4) is 0 Å². The minimum atomic E-state index is -1.18. The first-order valence-electron chi connectivity index (χ1n) is 2.58. The number of carbonyl (C=O) groups is 2. The summed E-state index contributed by atoms with van der Waals surface area (Å²) in [5, 5.41) is 16.0. The first kappa shape index (κ1) is 9.28. The Morgan fingerprint density at radius 3 is 1.73 bits per heavy atom. The normalized spacial score (nSPS) is 10.9. The van der Waals surface area contributed by atoms with Crippen molar-refractivity contribution in [2.45, 2.75) is 0 Å². The third kappa shape index (κ3) is 8.28. The van der Waals surface area contributed by atoms with Gasteiger partial charge >= 0.3 is 11.9 Å². The fourth-order valence-corrected chi connectivity index (χ4v) is 0.285. The van der Waals surface area contributed by atoms with E-state index in [0.717, 1.165) is 0 Å². The smallest absolute Gasteiger partial charge is 0.346 e. The molecule has 0 rings (SSSR count). The third-order valence-corrected chi connectivity index (χ3v) is 0.567. The maximum absolute atomic E-state index is 9.78. The zero-order valence-corrected chi connectivity index (χ0v) is 5.47. The second kappa shape index (κ2) is 5.10. The molecule has 0 fully saturated rings. The van der Waals surface area contributed by atoms with Crippen molar-refractivity contribution in [1.82, 2.24) is 0 Å². The SMILES string of the molecule is O=C(O)C=NCN=CC(=O)O. The highest BCUT2D eigenvalue weighted by atomic mass is 16.4. The Bertz CT molecular complexity index is 187. The third-order valence-electron chi connectivity index (χ3n) is 0.567. The van der Waals surface area contributed by atoms with Gasteiger partial charge in [-0.05, 0) is 0 Å².